The van der Waals surface area contributed by atoms with Crippen LogP contribution in [0.5, 0.6) is 5.88 Å². The maximum Gasteiger partial charge on any atom is 0.411 e. The minimum absolute atomic E-state index is 0.0525. The zero-order valence-corrected chi connectivity index (χ0v) is 14.0. The van der Waals surface area contributed by atoms with Gasteiger partial charge >= 0.3 is 6.18 Å². The van der Waals surface area contributed by atoms with E-state index in [1.807, 2.05) is 0 Å². The second-order valence-corrected chi connectivity index (χ2v) is 5.30. The van der Waals surface area contributed by atoms with Gasteiger partial charge in [0.15, 0.2) is 0 Å². The van der Waals surface area contributed by atoms with E-state index < -0.39 is 12.8 Å². The fraction of sp³-hybridized carbons (Fsp3) is 0.375. The molecule has 2 rings (SSSR count). The van der Waals surface area contributed by atoms with Crippen molar-refractivity contribution < 1.29 is 27.4 Å². The number of nitrogens with zero attached hydrogens (tertiary/aromatic N) is 2. The summed E-state index contributed by atoms with van der Waals surface area (Å²) in [5.74, 6) is 0.210. The standard InChI is InChI=1S/C16H19F3N4O3/c1-24-5-6-26-14-12(13(20)22-15(21)23-14)11-4-2-3-10(7-11)8-25-9-16(17,18)19/h2-4,7H,5-6,8-9H2,1H3,(H4,20,21,22,23). The zero-order valence-electron chi connectivity index (χ0n) is 14.0. The molecule has 142 valence electrons. The lowest BCUT2D eigenvalue weighted by Crippen LogP contribution is -2.16. The number of halogens is 3. The molecule has 2 aromatic rings. The second-order valence-electron chi connectivity index (χ2n) is 5.30. The Kier molecular flexibility index (Phi) is 6.58. The number of nitrogens with two attached hydrogens (primary N) is 2. The Labute approximate surface area is 148 Å². The van der Waals surface area contributed by atoms with Crippen LogP contribution in [0.2, 0.25) is 0 Å². The maximum atomic E-state index is 12.2. The predicted octanol–water partition coefficient (Wildman–Crippen LogP) is 2.41. The van der Waals surface area contributed by atoms with Gasteiger partial charge in [0.05, 0.1) is 18.8 Å². The maximum absolute atomic E-state index is 12.2. The van der Waals surface area contributed by atoms with E-state index in [2.05, 4.69) is 14.7 Å². The van der Waals surface area contributed by atoms with Crippen molar-refractivity contribution in [3.8, 4) is 17.0 Å². The first-order valence-electron chi connectivity index (χ1n) is 7.58. The number of alkyl halides is 3. The van der Waals surface area contributed by atoms with Crippen LogP contribution in [0.4, 0.5) is 24.9 Å². The minimum Gasteiger partial charge on any atom is -0.475 e. The molecule has 0 bridgehead atoms. The number of methoxy groups -OCH3 is 1. The third-order valence-electron chi connectivity index (χ3n) is 3.20. The topological polar surface area (TPSA) is 106 Å². The van der Waals surface area contributed by atoms with Gasteiger partial charge in [-0.15, -0.1) is 0 Å². The number of aromatic nitrogens is 2. The lowest BCUT2D eigenvalue weighted by Gasteiger charge is -2.14. The summed E-state index contributed by atoms with van der Waals surface area (Å²) in [6.07, 6.45) is -4.38. The summed E-state index contributed by atoms with van der Waals surface area (Å²) < 4.78 is 51.7. The molecule has 0 atom stereocenters. The Balaban J connectivity index is 2.25. The summed E-state index contributed by atoms with van der Waals surface area (Å²) >= 11 is 0. The van der Waals surface area contributed by atoms with E-state index >= 15 is 0 Å². The molecule has 26 heavy (non-hydrogen) atoms. The number of hydrogen-bond donors (Lipinski definition) is 2. The summed E-state index contributed by atoms with van der Waals surface area (Å²) in [6.45, 7) is -0.985. The van der Waals surface area contributed by atoms with Crippen LogP contribution < -0.4 is 16.2 Å². The van der Waals surface area contributed by atoms with Crippen LogP contribution in [0.1, 0.15) is 5.56 Å². The molecule has 4 N–H and O–H groups in total. The predicted molar refractivity (Wildman–Crippen MR) is 89.4 cm³/mol. The van der Waals surface area contributed by atoms with Crippen molar-refractivity contribution >= 4 is 11.8 Å². The van der Waals surface area contributed by atoms with Crippen molar-refractivity contribution in [3.05, 3.63) is 29.8 Å². The molecular formula is C16H19F3N4O3. The van der Waals surface area contributed by atoms with Gasteiger partial charge < -0.3 is 25.7 Å². The molecule has 0 aliphatic heterocycles. The summed E-state index contributed by atoms with van der Waals surface area (Å²) in [5, 5.41) is 0. The van der Waals surface area contributed by atoms with Crippen LogP contribution in [0.15, 0.2) is 24.3 Å². The second kappa shape index (κ2) is 8.68. The van der Waals surface area contributed by atoms with E-state index in [9.17, 15) is 13.2 Å². The SMILES string of the molecule is COCCOc1nc(N)nc(N)c1-c1cccc(COCC(F)(F)F)c1. The number of benzene rings is 1. The Morgan fingerprint density at radius 2 is 1.88 bits per heavy atom. The average Bonchev–Trinajstić information content (AvgIpc) is 2.53. The van der Waals surface area contributed by atoms with E-state index in [0.717, 1.165) is 0 Å². The number of ether oxygens (including phenoxy) is 3. The van der Waals surface area contributed by atoms with Crippen LogP contribution in [0.25, 0.3) is 11.1 Å². The lowest BCUT2D eigenvalue weighted by molar-refractivity contribution is -0.176. The fourth-order valence-electron chi connectivity index (χ4n) is 2.17. The fourth-order valence-corrected chi connectivity index (χ4v) is 2.17. The van der Waals surface area contributed by atoms with E-state index in [4.69, 9.17) is 20.9 Å². The van der Waals surface area contributed by atoms with E-state index in [1.54, 1.807) is 24.3 Å². The molecule has 1 aromatic carbocycles. The third kappa shape index (κ3) is 5.74. The molecule has 0 aliphatic rings. The van der Waals surface area contributed by atoms with Gasteiger partial charge in [-0.2, -0.15) is 23.1 Å². The lowest BCUT2D eigenvalue weighted by atomic mass is 10.0. The molecule has 0 radical (unpaired) electrons. The molecule has 10 heteroatoms. The van der Waals surface area contributed by atoms with Crippen LogP contribution in [-0.2, 0) is 16.1 Å². The van der Waals surface area contributed by atoms with E-state index in [0.29, 0.717) is 23.3 Å². The molecule has 0 unspecified atom stereocenters. The van der Waals surface area contributed by atoms with Gasteiger partial charge in [-0.1, -0.05) is 18.2 Å². The van der Waals surface area contributed by atoms with Crippen molar-refractivity contribution in [1.82, 2.24) is 9.97 Å². The highest BCUT2D eigenvalue weighted by Gasteiger charge is 2.27. The van der Waals surface area contributed by atoms with Crippen molar-refractivity contribution in [1.29, 1.82) is 0 Å². The number of rotatable bonds is 8. The normalized spacial score (nSPS) is 11.5. The highest BCUT2D eigenvalue weighted by molar-refractivity contribution is 5.79. The van der Waals surface area contributed by atoms with Crippen LogP contribution in [0.3, 0.4) is 0 Å². The first kappa shape index (κ1) is 19.7. The molecule has 0 fully saturated rings. The van der Waals surface area contributed by atoms with Crippen LogP contribution in [0, 0.1) is 0 Å². The molecule has 7 nitrogen and oxygen atoms in total. The molecule has 1 aromatic heterocycles. The average molecular weight is 372 g/mol. The minimum atomic E-state index is -4.38. The highest BCUT2D eigenvalue weighted by Crippen LogP contribution is 2.34. The number of nitrogen functional groups attached to an aromatic ring is 2. The molecule has 1 heterocycles. The first-order chi connectivity index (χ1) is 12.3. The Bertz CT molecular complexity index is 741. The largest absolute Gasteiger partial charge is 0.475 e. The number of hydrogen-bond acceptors (Lipinski definition) is 7. The molecule has 0 amide bonds. The summed E-state index contributed by atoms with van der Waals surface area (Å²) in [6, 6.07) is 6.64. The van der Waals surface area contributed by atoms with Gasteiger partial charge in [0, 0.05) is 7.11 Å². The highest BCUT2D eigenvalue weighted by atomic mass is 19.4. The van der Waals surface area contributed by atoms with Crippen molar-refractivity contribution in [3.63, 3.8) is 0 Å². The zero-order chi connectivity index (χ0) is 19.2. The van der Waals surface area contributed by atoms with Gasteiger partial charge in [-0.05, 0) is 17.2 Å². The van der Waals surface area contributed by atoms with Gasteiger partial charge in [0.1, 0.15) is 19.0 Å². The van der Waals surface area contributed by atoms with E-state index in [1.165, 1.54) is 7.11 Å². The Morgan fingerprint density at radius 1 is 1.12 bits per heavy atom. The smallest absolute Gasteiger partial charge is 0.411 e. The molecule has 0 saturated heterocycles. The third-order valence-corrected chi connectivity index (χ3v) is 3.20. The first-order valence-corrected chi connectivity index (χ1v) is 7.58. The monoisotopic (exact) mass is 372 g/mol. The number of anilines is 2. The van der Waals surface area contributed by atoms with Crippen molar-refractivity contribution in [2.75, 3.05) is 38.4 Å². The van der Waals surface area contributed by atoms with Crippen molar-refractivity contribution in [2.24, 2.45) is 0 Å². The van der Waals surface area contributed by atoms with Gasteiger partial charge in [0.2, 0.25) is 11.8 Å². The van der Waals surface area contributed by atoms with Gasteiger partial charge in [-0.3, -0.25) is 0 Å². The molecule has 0 saturated carbocycles. The summed E-state index contributed by atoms with van der Waals surface area (Å²) in [4.78, 5) is 7.95. The molecule has 0 aliphatic carbocycles. The summed E-state index contributed by atoms with van der Waals surface area (Å²) in [5.41, 5.74) is 13.1. The summed E-state index contributed by atoms with van der Waals surface area (Å²) in [7, 11) is 1.53. The Hall–Kier alpha value is -2.59. The molecular weight excluding hydrogens is 353 g/mol. The van der Waals surface area contributed by atoms with Crippen LogP contribution in [-0.4, -0.2) is 43.1 Å². The van der Waals surface area contributed by atoms with Crippen LogP contribution >= 0.6 is 0 Å². The van der Waals surface area contributed by atoms with E-state index in [-0.39, 0.29) is 30.9 Å². The Morgan fingerprint density at radius 3 is 2.58 bits per heavy atom. The van der Waals surface area contributed by atoms with Gasteiger partial charge in [0.25, 0.3) is 0 Å². The van der Waals surface area contributed by atoms with Crippen molar-refractivity contribution in [2.45, 2.75) is 12.8 Å². The quantitative estimate of drug-likeness (QED) is 0.686. The molecule has 0 spiro atoms. The van der Waals surface area contributed by atoms with Gasteiger partial charge in [-0.25, -0.2) is 0 Å².